The standard InChI is InChI=1S/C17H19NS2/c1-5-10(2)13-8-11-6-7-12-9-14(17(3,4)18)20-16(12)15(11)19-13/h5-9H,18H2,1-4H3. The van der Waals surface area contributed by atoms with Crippen molar-refractivity contribution in [3.63, 3.8) is 0 Å². The lowest BCUT2D eigenvalue weighted by atomic mass is 10.0. The number of hydrogen-bond acceptors (Lipinski definition) is 3. The first kappa shape index (κ1) is 13.8. The maximum Gasteiger partial charge on any atom is 0.0527 e. The van der Waals surface area contributed by atoms with Gasteiger partial charge in [-0.1, -0.05) is 18.2 Å². The van der Waals surface area contributed by atoms with Gasteiger partial charge in [-0.3, -0.25) is 0 Å². The van der Waals surface area contributed by atoms with Crippen LogP contribution in [0.5, 0.6) is 0 Å². The highest BCUT2D eigenvalue weighted by molar-refractivity contribution is 7.27. The van der Waals surface area contributed by atoms with E-state index in [-0.39, 0.29) is 5.54 Å². The lowest BCUT2D eigenvalue weighted by molar-refractivity contribution is 0.567. The maximum absolute atomic E-state index is 6.24. The zero-order chi connectivity index (χ0) is 14.5. The van der Waals surface area contributed by atoms with Crippen molar-refractivity contribution in [3.05, 3.63) is 40.1 Å². The highest BCUT2D eigenvalue weighted by atomic mass is 32.1. The van der Waals surface area contributed by atoms with Crippen LogP contribution in [0.1, 0.15) is 37.4 Å². The zero-order valence-corrected chi connectivity index (χ0v) is 13.9. The molecule has 104 valence electrons. The molecule has 0 amide bonds. The van der Waals surface area contributed by atoms with Crippen molar-refractivity contribution in [1.29, 1.82) is 0 Å². The van der Waals surface area contributed by atoms with Crippen LogP contribution < -0.4 is 5.73 Å². The van der Waals surface area contributed by atoms with E-state index in [9.17, 15) is 0 Å². The van der Waals surface area contributed by atoms with Crippen molar-refractivity contribution < 1.29 is 0 Å². The number of allylic oxidation sites excluding steroid dienone is 2. The van der Waals surface area contributed by atoms with E-state index in [0.29, 0.717) is 0 Å². The molecule has 0 radical (unpaired) electrons. The van der Waals surface area contributed by atoms with E-state index in [1.54, 1.807) is 0 Å². The smallest absolute Gasteiger partial charge is 0.0527 e. The Balaban J connectivity index is 2.29. The lowest BCUT2D eigenvalue weighted by Gasteiger charge is -2.15. The van der Waals surface area contributed by atoms with E-state index in [1.165, 1.54) is 35.5 Å². The summed E-state index contributed by atoms with van der Waals surface area (Å²) in [5.41, 5.74) is 7.32. The Hall–Kier alpha value is -1.16. The maximum atomic E-state index is 6.24. The molecule has 3 heteroatoms. The van der Waals surface area contributed by atoms with Crippen LogP contribution in [0.25, 0.3) is 25.7 Å². The first-order valence-electron chi connectivity index (χ1n) is 6.79. The molecule has 0 aliphatic rings. The number of hydrogen-bond donors (Lipinski definition) is 1. The fourth-order valence-corrected chi connectivity index (χ4v) is 4.76. The summed E-state index contributed by atoms with van der Waals surface area (Å²) in [5, 5.41) is 2.64. The number of thiophene rings is 2. The first-order chi connectivity index (χ1) is 9.40. The largest absolute Gasteiger partial charge is 0.321 e. The van der Waals surface area contributed by atoms with Crippen LogP contribution >= 0.6 is 22.7 Å². The lowest BCUT2D eigenvalue weighted by Crippen LogP contribution is -2.27. The van der Waals surface area contributed by atoms with Crippen LogP contribution in [0.3, 0.4) is 0 Å². The molecule has 2 N–H and O–H groups in total. The summed E-state index contributed by atoms with van der Waals surface area (Å²) in [6.45, 7) is 8.40. The monoisotopic (exact) mass is 301 g/mol. The molecule has 0 fully saturated rings. The van der Waals surface area contributed by atoms with Gasteiger partial charge in [0.05, 0.1) is 9.40 Å². The summed E-state index contributed by atoms with van der Waals surface area (Å²) in [6, 6.07) is 8.97. The molecule has 0 saturated heterocycles. The average Bonchev–Trinajstić information content (AvgIpc) is 2.99. The highest BCUT2D eigenvalue weighted by Gasteiger charge is 2.18. The predicted octanol–water partition coefficient (Wildman–Crippen LogP) is 5.73. The van der Waals surface area contributed by atoms with Crippen molar-refractivity contribution in [2.45, 2.75) is 33.2 Å². The van der Waals surface area contributed by atoms with Crippen LogP contribution in [0.15, 0.2) is 30.3 Å². The topological polar surface area (TPSA) is 26.0 Å². The van der Waals surface area contributed by atoms with Crippen molar-refractivity contribution in [3.8, 4) is 0 Å². The van der Waals surface area contributed by atoms with Gasteiger partial charge in [0, 0.05) is 15.3 Å². The summed E-state index contributed by atoms with van der Waals surface area (Å²) >= 11 is 3.72. The van der Waals surface area contributed by atoms with Crippen LogP contribution in [0.4, 0.5) is 0 Å². The molecule has 3 rings (SSSR count). The van der Waals surface area contributed by atoms with Gasteiger partial charge in [0.2, 0.25) is 0 Å². The summed E-state index contributed by atoms with van der Waals surface area (Å²) in [5.74, 6) is 0. The fourth-order valence-electron chi connectivity index (χ4n) is 2.25. The van der Waals surface area contributed by atoms with Gasteiger partial charge in [-0.05, 0) is 56.2 Å². The minimum Gasteiger partial charge on any atom is -0.321 e. The molecule has 2 heterocycles. The summed E-state index contributed by atoms with van der Waals surface area (Å²) in [6.07, 6.45) is 2.17. The summed E-state index contributed by atoms with van der Waals surface area (Å²) in [4.78, 5) is 2.61. The molecule has 3 aromatic rings. The number of nitrogens with two attached hydrogens (primary N) is 1. The van der Waals surface area contributed by atoms with Crippen molar-refractivity contribution in [2.75, 3.05) is 0 Å². The van der Waals surface area contributed by atoms with E-state index >= 15 is 0 Å². The van der Waals surface area contributed by atoms with Crippen molar-refractivity contribution in [2.24, 2.45) is 5.73 Å². The van der Waals surface area contributed by atoms with Crippen LogP contribution in [0.2, 0.25) is 0 Å². The second-order valence-corrected chi connectivity index (χ2v) is 7.92. The number of rotatable bonds is 2. The van der Waals surface area contributed by atoms with Crippen LogP contribution in [-0.2, 0) is 5.54 Å². The molecular weight excluding hydrogens is 282 g/mol. The second-order valence-electron chi connectivity index (χ2n) is 5.82. The number of fused-ring (bicyclic) bond motifs is 3. The van der Waals surface area contributed by atoms with E-state index in [1.807, 2.05) is 22.7 Å². The van der Waals surface area contributed by atoms with Crippen molar-refractivity contribution in [1.82, 2.24) is 0 Å². The van der Waals surface area contributed by atoms with Gasteiger partial charge >= 0.3 is 0 Å². The minimum atomic E-state index is -0.269. The minimum absolute atomic E-state index is 0.269. The Morgan fingerprint density at radius 3 is 2.30 bits per heavy atom. The predicted molar refractivity (Wildman–Crippen MR) is 93.7 cm³/mol. The Labute approximate surface area is 127 Å². The summed E-state index contributed by atoms with van der Waals surface area (Å²) in [7, 11) is 0. The Kier molecular flexibility index (Phi) is 3.24. The highest BCUT2D eigenvalue weighted by Crippen LogP contribution is 2.41. The van der Waals surface area contributed by atoms with Gasteiger partial charge in [-0.25, -0.2) is 0 Å². The normalized spacial score (nSPS) is 13.6. The SMILES string of the molecule is CC=C(C)c1cc2ccc3cc(C(C)(C)N)sc3c2s1. The molecule has 0 atom stereocenters. The molecule has 0 bridgehead atoms. The molecule has 0 aliphatic carbocycles. The average molecular weight is 301 g/mol. The van der Waals surface area contributed by atoms with Crippen LogP contribution in [0, 0.1) is 0 Å². The molecule has 20 heavy (non-hydrogen) atoms. The van der Waals surface area contributed by atoms with Gasteiger partial charge in [0.25, 0.3) is 0 Å². The van der Waals surface area contributed by atoms with Gasteiger partial charge in [0.15, 0.2) is 0 Å². The summed E-state index contributed by atoms with van der Waals surface area (Å²) < 4.78 is 2.76. The molecule has 0 saturated carbocycles. The Morgan fingerprint density at radius 1 is 1.10 bits per heavy atom. The van der Waals surface area contributed by atoms with E-state index in [2.05, 4.69) is 58.0 Å². The third-order valence-electron chi connectivity index (χ3n) is 3.63. The molecule has 0 aliphatic heterocycles. The van der Waals surface area contributed by atoms with Crippen LogP contribution in [-0.4, -0.2) is 0 Å². The van der Waals surface area contributed by atoms with E-state index < -0.39 is 0 Å². The molecule has 0 unspecified atom stereocenters. The zero-order valence-electron chi connectivity index (χ0n) is 12.3. The second kappa shape index (κ2) is 4.69. The Bertz CT molecular complexity index is 813. The quantitative estimate of drug-likeness (QED) is 0.642. The Morgan fingerprint density at radius 2 is 1.70 bits per heavy atom. The van der Waals surface area contributed by atoms with Gasteiger partial charge in [-0.15, -0.1) is 22.7 Å². The van der Waals surface area contributed by atoms with Crippen molar-refractivity contribution >= 4 is 48.4 Å². The third kappa shape index (κ3) is 2.20. The molecule has 2 aromatic heterocycles. The first-order valence-corrected chi connectivity index (χ1v) is 8.42. The molecule has 0 spiro atoms. The molecular formula is C17H19NS2. The van der Waals surface area contributed by atoms with E-state index in [4.69, 9.17) is 5.73 Å². The van der Waals surface area contributed by atoms with Gasteiger partial charge in [0.1, 0.15) is 0 Å². The molecule has 1 aromatic carbocycles. The third-order valence-corrected chi connectivity index (χ3v) is 6.57. The molecule has 1 nitrogen and oxygen atoms in total. The number of benzene rings is 1. The van der Waals surface area contributed by atoms with Gasteiger partial charge < -0.3 is 5.73 Å². The van der Waals surface area contributed by atoms with E-state index in [0.717, 1.165) is 0 Å². The van der Waals surface area contributed by atoms with Gasteiger partial charge in [-0.2, -0.15) is 0 Å². The fraction of sp³-hybridized carbons (Fsp3) is 0.294.